The topological polar surface area (TPSA) is 36.9 Å². The molecule has 2 atom stereocenters. The molecule has 0 radical (unpaired) electrons. The van der Waals surface area contributed by atoms with Crippen molar-refractivity contribution in [1.29, 1.82) is 0 Å². The predicted molar refractivity (Wildman–Crippen MR) is 278 cm³/mol. The fourth-order valence-electron chi connectivity index (χ4n) is 8.94. The highest BCUT2D eigenvalue weighted by Gasteiger charge is 2.55. The van der Waals surface area contributed by atoms with Crippen molar-refractivity contribution < 1.29 is 18.3 Å². The molecule has 8 heteroatoms. The Kier molecular flexibility index (Phi) is 15.9. The Bertz CT molecular complexity index is 2270. The first-order chi connectivity index (χ1) is 31.1. The van der Waals surface area contributed by atoms with Crippen molar-refractivity contribution in [2.45, 2.75) is 102 Å². The fraction of sp³-hybridized carbons (Fsp3) is 0.286. The summed E-state index contributed by atoms with van der Waals surface area (Å²) in [5.41, 5.74) is 6.41. The largest absolute Gasteiger partial charge is 0.490 e. The average molecular weight is 1020 g/mol. The summed E-state index contributed by atoms with van der Waals surface area (Å²) in [6, 6.07) is 61.3. The number of benzene rings is 6. The summed E-state index contributed by atoms with van der Waals surface area (Å²) >= 11 is 7.24. The molecule has 0 saturated carbocycles. The molecule has 0 amide bonds. The number of halogens is 2. The lowest BCUT2D eigenvalue weighted by atomic mass is 9.78. The van der Waals surface area contributed by atoms with E-state index in [9.17, 15) is 0 Å². The normalized spacial score (nSPS) is 17.7. The minimum absolute atomic E-state index is 0.359. The van der Waals surface area contributed by atoms with Crippen LogP contribution in [0.5, 0.6) is 0 Å². The third-order valence-electron chi connectivity index (χ3n) is 13.5. The van der Waals surface area contributed by atoms with Gasteiger partial charge in [0, 0.05) is 21.1 Å². The van der Waals surface area contributed by atoms with Gasteiger partial charge < -0.3 is 18.3 Å². The zero-order chi connectivity index (χ0) is 45.2. The Morgan fingerprint density at radius 3 is 0.938 bits per heavy atom. The smallest absolute Gasteiger partial charge is 0.194 e. The second-order valence-electron chi connectivity index (χ2n) is 16.9. The van der Waals surface area contributed by atoms with Gasteiger partial charge in [-0.3, -0.25) is 0 Å². The maximum absolute atomic E-state index is 8.00. The van der Waals surface area contributed by atoms with Crippen LogP contribution >= 0.6 is 31.9 Å². The molecule has 0 heterocycles. The zero-order valence-electron chi connectivity index (χ0n) is 38.2. The van der Waals surface area contributed by atoms with Gasteiger partial charge in [0.25, 0.3) is 0 Å². The third kappa shape index (κ3) is 10.4. The Hall–Kier alpha value is -4.29. The van der Waals surface area contributed by atoms with Crippen molar-refractivity contribution in [1.82, 2.24) is 0 Å². The van der Waals surface area contributed by atoms with Crippen LogP contribution in [0.25, 0.3) is 22.3 Å². The quantitative estimate of drug-likeness (QED) is 0.0714. The summed E-state index contributed by atoms with van der Waals surface area (Å²) in [5.74, 6) is 1.44. The molecule has 0 aliphatic heterocycles. The summed E-state index contributed by atoms with van der Waals surface area (Å²) in [5, 5.41) is 0. The van der Waals surface area contributed by atoms with Crippen molar-refractivity contribution in [3.05, 3.63) is 213 Å². The standard InChI is InChI=1S/C56H62Br2O4Si2/c1-7-63(8-2,9-3)61-55(49-31-23-45(24-32-49)47-27-35-51(57)36-28-47)39-54(60-42-44-21-17-14-18-22-44)56(62-64(10-4,11-5)12-6,40-53(55)59-41-43-19-15-13-16-20-43)50-33-25-46(26-34-50)48-29-37-52(58)38-30-48/h13-40H,7-12,41-42H2,1-6H3. The lowest BCUT2D eigenvalue weighted by Crippen LogP contribution is -2.52. The van der Waals surface area contributed by atoms with Gasteiger partial charge in [-0.25, -0.2) is 0 Å². The molecular weight excluding hydrogens is 953 g/mol. The molecule has 332 valence electrons. The Labute approximate surface area is 401 Å². The van der Waals surface area contributed by atoms with Gasteiger partial charge >= 0.3 is 0 Å². The molecule has 1 aliphatic carbocycles. The number of hydrogen-bond donors (Lipinski definition) is 0. The van der Waals surface area contributed by atoms with E-state index in [4.69, 9.17) is 18.3 Å². The monoisotopic (exact) mass is 1010 g/mol. The van der Waals surface area contributed by atoms with E-state index >= 15 is 0 Å². The highest BCUT2D eigenvalue weighted by Crippen LogP contribution is 2.53. The summed E-state index contributed by atoms with van der Waals surface area (Å²) in [6.45, 7) is 14.5. The van der Waals surface area contributed by atoms with Crippen LogP contribution in [0.15, 0.2) is 190 Å². The first-order valence-electron chi connectivity index (χ1n) is 23.0. The van der Waals surface area contributed by atoms with Crippen LogP contribution in [-0.2, 0) is 42.7 Å². The van der Waals surface area contributed by atoms with Gasteiger partial charge in [-0.15, -0.1) is 0 Å². The molecular formula is C56H62Br2O4Si2. The number of rotatable bonds is 20. The molecule has 0 spiro atoms. The van der Waals surface area contributed by atoms with Crippen LogP contribution in [0.2, 0.25) is 36.3 Å². The van der Waals surface area contributed by atoms with E-state index in [2.05, 4.69) is 231 Å². The number of hydrogen-bond acceptors (Lipinski definition) is 4. The minimum atomic E-state index is -2.41. The van der Waals surface area contributed by atoms with E-state index in [1.807, 2.05) is 12.1 Å². The van der Waals surface area contributed by atoms with Gasteiger partial charge in [0.15, 0.2) is 27.8 Å². The highest BCUT2D eigenvalue weighted by atomic mass is 79.9. The molecule has 0 bridgehead atoms. The average Bonchev–Trinajstić information content (AvgIpc) is 3.35. The Morgan fingerprint density at radius 2 is 0.656 bits per heavy atom. The summed E-state index contributed by atoms with van der Waals surface area (Å²) in [7, 11) is -4.83. The van der Waals surface area contributed by atoms with Crippen LogP contribution in [0, 0.1) is 0 Å². The second kappa shape index (κ2) is 21.3. The first-order valence-corrected chi connectivity index (χ1v) is 29.7. The van der Waals surface area contributed by atoms with Gasteiger partial charge in [0.1, 0.15) is 24.7 Å². The molecule has 6 aromatic rings. The van der Waals surface area contributed by atoms with E-state index in [1.165, 1.54) is 0 Å². The van der Waals surface area contributed by atoms with Crippen LogP contribution in [-0.4, -0.2) is 16.6 Å². The first kappa shape index (κ1) is 47.7. The summed E-state index contributed by atoms with van der Waals surface area (Å²) < 4.78 is 32.8. The number of ether oxygens (including phenoxy) is 2. The highest BCUT2D eigenvalue weighted by molar-refractivity contribution is 9.10. The van der Waals surface area contributed by atoms with E-state index in [0.29, 0.717) is 13.2 Å². The Balaban J connectivity index is 1.53. The van der Waals surface area contributed by atoms with Crippen molar-refractivity contribution in [2.75, 3.05) is 0 Å². The molecule has 0 saturated heterocycles. The molecule has 4 nitrogen and oxygen atoms in total. The summed E-state index contributed by atoms with van der Waals surface area (Å²) in [6.07, 6.45) is 4.52. The van der Waals surface area contributed by atoms with Crippen LogP contribution in [0.1, 0.15) is 63.8 Å². The summed E-state index contributed by atoms with van der Waals surface area (Å²) in [4.78, 5) is 0. The van der Waals surface area contributed by atoms with Crippen molar-refractivity contribution in [2.24, 2.45) is 0 Å². The van der Waals surface area contributed by atoms with Gasteiger partial charge in [-0.2, -0.15) is 0 Å². The van der Waals surface area contributed by atoms with Gasteiger partial charge in [0.2, 0.25) is 0 Å². The van der Waals surface area contributed by atoms with Crippen LogP contribution in [0.3, 0.4) is 0 Å². The maximum atomic E-state index is 8.00. The van der Waals surface area contributed by atoms with Gasteiger partial charge in [-0.1, -0.05) is 207 Å². The van der Waals surface area contributed by atoms with Gasteiger partial charge in [-0.05, 0) is 105 Å². The molecule has 6 aromatic carbocycles. The lowest BCUT2D eigenvalue weighted by Gasteiger charge is -2.49. The molecule has 0 N–H and O–H groups in total. The molecule has 7 rings (SSSR count). The SMILES string of the molecule is CC[Si](CC)(CC)OC1(c2ccc(-c3ccc(Br)cc3)cc2)C=C(OCc2ccccc2)C(O[Si](CC)(CC)CC)(c2ccc(-c3ccc(Br)cc3)cc2)C=C1OCc1ccccc1. The fourth-order valence-corrected chi connectivity index (χ4v) is 15.3. The molecule has 0 aromatic heterocycles. The van der Waals surface area contributed by atoms with Crippen LogP contribution in [0.4, 0.5) is 0 Å². The molecule has 64 heavy (non-hydrogen) atoms. The van der Waals surface area contributed by atoms with Gasteiger partial charge in [0.05, 0.1) is 0 Å². The van der Waals surface area contributed by atoms with Crippen LogP contribution < -0.4 is 0 Å². The lowest BCUT2D eigenvalue weighted by molar-refractivity contribution is -0.00184. The predicted octanol–water partition coefficient (Wildman–Crippen LogP) is 16.9. The van der Waals surface area contributed by atoms with E-state index < -0.39 is 27.8 Å². The molecule has 0 fully saturated rings. The van der Waals surface area contributed by atoms with Crippen molar-refractivity contribution in [3.63, 3.8) is 0 Å². The maximum Gasteiger partial charge on any atom is 0.194 e. The van der Waals surface area contributed by atoms with E-state index in [-0.39, 0.29) is 0 Å². The second-order valence-corrected chi connectivity index (χ2v) is 28.1. The Morgan fingerprint density at radius 1 is 0.375 bits per heavy atom. The molecule has 2 unspecified atom stereocenters. The van der Waals surface area contributed by atoms with E-state index in [1.54, 1.807) is 0 Å². The molecule has 1 aliphatic rings. The van der Waals surface area contributed by atoms with Crippen molar-refractivity contribution >= 4 is 48.5 Å². The third-order valence-corrected chi connectivity index (χ3v) is 23.8. The zero-order valence-corrected chi connectivity index (χ0v) is 43.4. The van der Waals surface area contributed by atoms with E-state index in [0.717, 1.165) is 101 Å². The van der Waals surface area contributed by atoms with Crippen molar-refractivity contribution in [3.8, 4) is 22.3 Å². The minimum Gasteiger partial charge on any atom is -0.490 e.